The Balaban J connectivity index is 2.14. The Kier molecular flexibility index (Phi) is 4.04. The fraction of sp³-hybridized carbons (Fsp3) is 0.250. The van der Waals surface area contributed by atoms with Crippen molar-refractivity contribution in [2.45, 2.75) is 6.54 Å². The van der Waals surface area contributed by atoms with Crippen LogP contribution in [0.15, 0.2) is 42.9 Å². The molecule has 22 heavy (non-hydrogen) atoms. The fourth-order valence-electron chi connectivity index (χ4n) is 2.51. The number of fused-ring (bicyclic) bond motifs is 1. The number of nitrogens with two attached hydrogens (primary N) is 1. The molecule has 0 fully saturated rings. The number of aromatic nitrogens is 3. The highest BCUT2D eigenvalue weighted by Crippen LogP contribution is 2.25. The molecule has 0 amide bonds. The maximum absolute atomic E-state index is 9.12. The first-order valence-electron chi connectivity index (χ1n) is 7.15. The Bertz CT molecular complexity index is 769. The highest BCUT2D eigenvalue weighted by Gasteiger charge is 2.15. The van der Waals surface area contributed by atoms with Gasteiger partial charge in [-0.2, -0.15) is 0 Å². The highest BCUT2D eigenvalue weighted by molar-refractivity contribution is 5.67. The number of hydrogen-bond acceptors (Lipinski definition) is 5. The fourth-order valence-corrected chi connectivity index (χ4v) is 2.51. The molecule has 0 aliphatic heterocycles. The average Bonchev–Trinajstić information content (AvgIpc) is 2.86. The van der Waals surface area contributed by atoms with E-state index in [0.29, 0.717) is 18.8 Å². The van der Waals surface area contributed by atoms with E-state index < -0.39 is 0 Å². The van der Waals surface area contributed by atoms with Gasteiger partial charge in [-0.25, -0.2) is 4.98 Å². The molecular formula is C16H19N5O. The first-order chi connectivity index (χ1) is 10.7. The normalized spacial score (nSPS) is 11.4. The van der Waals surface area contributed by atoms with Gasteiger partial charge in [-0.1, -0.05) is 0 Å². The molecule has 0 bridgehead atoms. The van der Waals surface area contributed by atoms with Gasteiger partial charge in [0.25, 0.3) is 0 Å². The summed E-state index contributed by atoms with van der Waals surface area (Å²) in [4.78, 5) is 10.8. The van der Waals surface area contributed by atoms with Crippen molar-refractivity contribution in [2.24, 2.45) is 0 Å². The summed E-state index contributed by atoms with van der Waals surface area (Å²) in [7, 11) is 1.97. The number of pyridine rings is 2. The summed E-state index contributed by atoms with van der Waals surface area (Å²) < 4.78 is 2.01. The topological polar surface area (TPSA) is 79.7 Å². The van der Waals surface area contributed by atoms with E-state index >= 15 is 0 Å². The molecule has 114 valence electrons. The van der Waals surface area contributed by atoms with E-state index in [1.54, 1.807) is 12.4 Å². The Hall–Kier alpha value is -2.44. The van der Waals surface area contributed by atoms with Gasteiger partial charge < -0.3 is 15.2 Å². The number of aliphatic hydroxyl groups is 1. The van der Waals surface area contributed by atoms with Crippen LogP contribution in [0.25, 0.3) is 16.9 Å². The van der Waals surface area contributed by atoms with Gasteiger partial charge in [0.15, 0.2) is 0 Å². The Labute approximate surface area is 128 Å². The standard InChI is InChI=1S/C16H19N5O/c1-20(8-9-22)11-14-16(12-4-6-18-7-5-12)19-15-3-2-13(17)10-21(14)15/h2-7,10,22H,8-9,11,17H2,1H3. The summed E-state index contributed by atoms with van der Waals surface area (Å²) in [6.45, 7) is 1.40. The minimum Gasteiger partial charge on any atom is -0.398 e. The molecule has 0 saturated heterocycles. The summed E-state index contributed by atoms with van der Waals surface area (Å²) >= 11 is 0. The molecule has 0 unspecified atom stereocenters. The molecule has 3 aromatic rings. The van der Waals surface area contributed by atoms with Gasteiger partial charge in [0.2, 0.25) is 0 Å². The van der Waals surface area contributed by atoms with Crippen LogP contribution in [0.1, 0.15) is 5.69 Å². The van der Waals surface area contributed by atoms with Crippen molar-refractivity contribution in [1.82, 2.24) is 19.3 Å². The van der Waals surface area contributed by atoms with Gasteiger partial charge in [0.05, 0.1) is 18.0 Å². The minimum absolute atomic E-state index is 0.125. The number of nitrogens with zero attached hydrogens (tertiary/aromatic N) is 4. The lowest BCUT2D eigenvalue weighted by molar-refractivity contribution is 0.216. The zero-order chi connectivity index (χ0) is 15.5. The number of anilines is 1. The second kappa shape index (κ2) is 6.13. The van der Waals surface area contributed by atoms with Crippen LogP contribution in [-0.2, 0) is 6.54 Å². The van der Waals surface area contributed by atoms with Crippen LogP contribution in [0.5, 0.6) is 0 Å². The van der Waals surface area contributed by atoms with Gasteiger partial charge >= 0.3 is 0 Å². The molecule has 0 aromatic carbocycles. The van der Waals surface area contributed by atoms with E-state index in [4.69, 9.17) is 15.8 Å². The van der Waals surface area contributed by atoms with Crippen molar-refractivity contribution < 1.29 is 5.11 Å². The third-order valence-corrected chi connectivity index (χ3v) is 3.60. The van der Waals surface area contributed by atoms with Crippen LogP contribution in [0.3, 0.4) is 0 Å². The Morgan fingerprint density at radius 3 is 2.73 bits per heavy atom. The summed E-state index contributed by atoms with van der Waals surface area (Å²) in [6.07, 6.45) is 5.40. The van der Waals surface area contributed by atoms with Crippen LogP contribution in [0.2, 0.25) is 0 Å². The van der Waals surface area contributed by atoms with Gasteiger partial charge in [-0.05, 0) is 31.3 Å². The summed E-state index contributed by atoms with van der Waals surface area (Å²) in [5, 5.41) is 9.12. The van der Waals surface area contributed by atoms with E-state index in [1.807, 2.05) is 41.9 Å². The third-order valence-electron chi connectivity index (χ3n) is 3.60. The molecule has 6 heteroatoms. The van der Waals surface area contributed by atoms with Crippen LogP contribution in [0, 0.1) is 0 Å². The first kappa shape index (κ1) is 14.5. The predicted octanol–water partition coefficient (Wildman–Crippen LogP) is 1.40. The number of rotatable bonds is 5. The molecule has 0 radical (unpaired) electrons. The molecule has 0 aliphatic rings. The minimum atomic E-state index is 0.125. The number of imidazole rings is 1. The second-order valence-corrected chi connectivity index (χ2v) is 5.30. The molecule has 3 rings (SSSR count). The molecule has 0 spiro atoms. The molecule has 3 heterocycles. The predicted molar refractivity (Wildman–Crippen MR) is 86.3 cm³/mol. The van der Waals surface area contributed by atoms with Gasteiger partial charge in [-0.3, -0.25) is 9.88 Å². The lowest BCUT2D eigenvalue weighted by Gasteiger charge is -2.16. The lowest BCUT2D eigenvalue weighted by Crippen LogP contribution is -2.22. The third kappa shape index (κ3) is 2.79. The molecule has 6 nitrogen and oxygen atoms in total. The highest BCUT2D eigenvalue weighted by atomic mass is 16.3. The van der Waals surface area contributed by atoms with E-state index in [-0.39, 0.29) is 6.61 Å². The van der Waals surface area contributed by atoms with Gasteiger partial charge in [0.1, 0.15) is 5.65 Å². The van der Waals surface area contributed by atoms with Crippen molar-refractivity contribution in [2.75, 3.05) is 25.9 Å². The number of aliphatic hydroxyl groups excluding tert-OH is 1. The van der Waals surface area contributed by atoms with Crippen molar-refractivity contribution in [3.8, 4) is 11.3 Å². The Morgan fingerprint density at radius 2 is 2.00 bits per heavy atom. The molecule has 0 atom stereocenters. The lowest BCUT2D eigenvalue weighted by atomic mass is 10.1. The largest absolute Gasteiger partial charge is 0.398 e. The van der Waals surface area contributed by atoms with Crippen LogP contribution < -0.4 is 5.73 Å². The van der Waals surface area contributed by atoms with Crippen LogP contribution in [-0.4, -0.2) is 44.6 Å². The van der Waals surface area contributed by atoms with Crippen molar-refractivity contribution >= 4 is 11.3 Å². The first-order valence-corrected chi connectivity index (χ1v) is 7.15. The number of nitrogen functional groups attached to an aromatic ring is 1. The zero-order valence-corrected chi connectivity index (χ0v) is 12.5. The maximum atomic E-state index is 9.12. The summed E-state index contributed by atoms with van der Waals surface area (Å²) in [5.41, 5.74) is 10.4. The smallest absolute Gasteiger partial charge is 0.137 e. The van der Waals surface area contributed by atoms with Crippen molar-refractivity contribution in [1.29, 1.82) is 0 Å². The molecule has 3 N–H and O–H groups in total. The second-order valence-electron chi connectivity index (χ2n) is 5.30. The van der Waals surface area contributed by atoms with Gasteiger partial charge in [-0.15, -0.1) is 0 Å². The monoisotopic (exact) mass is 297 g/mol. The molecular weight excluding hydrogens is 278 g/mol. The molecule has 0 aliphatic carbocycles. The zero-order valence-electron chi connectivity index (χ0n) is 12.5. The maximum Gasteiger partial charge on any atom is 0.137 e. The molecule has 3 aromatic heterocycles. The van der Waals surface area contributed by atoms with E-state index in [9.17, 15) is 0 Å². The number of hydrogen-bond donors (Lipinski definition) is 2. The van der Waals surface area contributed by atoms with Crippen molar-refractivity contribution in [3.63, 3.8) is 0 Å². The summed E-state index contributed by atoms with van der Waals surface area (Å²) in [5.74, 6) is 0. The van der Waals surface area contributed by atoms with Crippen LogP contribution in [0.4, 0.5) is 5.69 Å². The Morgan fingerprint density at radius 1 is 1.23 bits per heavy atom. The average molecular weight is 297 g/mol. The van der Waals surface area contributed by atoms with E-state index in [2.05, 4.69) is 9.88 Å². The van der Waals surface area contributed by atoms with Crippen molar-refractivity contribution in [3.05, 3.63) is 48.5 Å². The number of likely N-dealkylation sites (N-methyl/N-ethyl adjacent to an activating group) is 1. The van der Waals surface area contributed by atoms with E-state index in [1.165, 1.54) is 0 Å². The van der Waals surface area contributed by atoms with Gasteiger partial charge in [0, 0.05) is 42.9 Å². The molecule has 0 saturated carbocycles. The quantitative estimate of drug-likeness (QED) is 0.744. The van der Waals surface area contributed by atoms with Crippen LogP contribution >= 0.6 is 0 Å². The summed E-state index contributed by atoms with van der Waals surface area (Å²) in [6, 6.07) is 7.65. The van der Waals surface area contributed by atoms with E-state index in [0.717, 1.165) is 22.6 Å². The SMILES string of the molecule is CN(CCO)Cc1c(-c2ccncc2)nc2ccc(N)cn12.